The minimum Gasteiger partial charge on any atom is -0.468 e. The number of carbonyl (C=O) groups is 1. The number of hydrogen-bond acceptors (Lipinski definition) is 4. The van der Waals surface area contributed by atoms with E-state index in [0.29, 0.717) is 13.0 Å². The number of nitrogens with one attached hydrogen (secondary N) is 1. The Hall–Kier alpha value is -1.60. The monoisotopic (exact) mass is 305 g/mol. The molecule has 1 aromatic rings. The van der Waals surface area contributed by atoms with Crippen LogP contribution in [0.3, 0.4) is 0 Å². The highest BCUT2D eigenvalue weighted by Crippen LogP contribution is 2.15. The van der Waals surface area contributed by atoms with Gasteiger partial charge in [-0.25, -0.2) is 4.79 Å². The Balaban J connectivity index is 2.37. The van der Waals surface area contributed by atoms with Gasteiger partial charge in [-0.1, -0.05) is 30.3 Å². The molecule has 21 heavy (non-hydrogen) atoms. The van der Waals surface area contributed by atoms with Crippen LogP contribution in [0.1, 0.15) is 18.0 Å². The van der Waals surface area contributed by atoms with E-state index in [1.165, 1.54) is 7.11 Å². The van der Waals surface area contributed by atoms with Gasteiger partial charge in [0.25, 0.3) is 0 Å². The molecule has 0 fully saturated rings. The third kappa shape index (κ3) is 7.10. The lowest BCUT2D eigenvalue weighted by Gasteiger charge is -2.17. The van der Waals surface area contributed by atoms with Crippen molar-refractivity contribution in [2.75, 3.05) is 26.9 Å². The Morgan fingerprint density at radius 1 is 1.29 bits per heavy atom. The first-order chi connectivity index (χ1) is 9.94. The first-order valence-corrected chi connectivity index (χ1v) is 6.44. The average molecular weight is 305 g/mol. The van der Waals surface area contributed by atoms with Gasteiger partial charge in [-0.15, -0.1) is 0 Å². The van der Waals surface area contributed by atoms with Gasteiger partial charge in [-0.2, -0.15) is 13.2 Å². The van der Waals surface area contributed by atoms with Gasteiger partial charge in [0.2, 0.25) is 0 Å². The highest BCUT2D eigenvalue weighted by molar-refractivity contribution is 5.77. The Labute approximate surface area is 121 Å². The fraction of sp³-hybridized carbons (Fsp3) is 0.500. The van der Waals surface area contributed by atoms with Crippen LogP contribution in [-0.4, -0.2) is 39.0 Å². The summed E-state index contributed by atoms with van der Waals surface area (Å²) in [5.41, 5.74) is 0.737. The lowest BCUT2D eigenvalue weighted by Crippen LogP contribution is -2.31. The molecule has 0 aliphatic rings. The van der Waals surface area contributed by atoms with Crippen LogP contribution in [0.5, 0.6) is 0 Å². The van der Waals surface area contributed by atoms with E-state index >= 15 is 0 Å². The highest BCUT2D eigenvalue weighted by Gasteiger charge is 2.27. The number of rotatable bonds is 8. The minimum atomic E-state index is -4.31. The number of carbonyl (C=O) groups excluding carboxylic acids is 1. The molecule has 0 heterocycles. The van der Waals surface area contributed by atoms with Crippen LogP contribution in [0, 0.1) is 0 Å². The Morgan fingerprint density at radius 3 is 2.52 bits per heavy atom. The summed E-state index contributed by atoms with van der Waals surface area (Å²) in [7, 11) is 1.28. The molecule has 1 aromatic carbocycles. The van der Waals surface area contributed by atoms with Crippen LogP contribution in [0.25, 0.3) is 0 Å². The predicted molar refractivity (Wildman–Crippen MR) is 70.7 cm³/mol. The maximum absolute atomic E-state index is 11.9. The Kier molecular flexibility index (Phi) is 7.18. The van der Waals surface area contributed by atoms with Gasteiger partial charge in [0.15, 0.2) is 0 Å². The molecule has 4 nitrogen and oxygen atoms in total. The zero-order valence-electron chi connectivity index (χ0n) is 11.7. The summed E-state index contributed by atoms with van der Waals surface area (Å²) in [6.45, 7) is -0.951. The summed E-state index contributed by atoms with van der Waals surface area (Å²) in [5, 5.41) is 2.95. The summed E-state index contributed by atoms with van der Waals surface area (Å²) in [6.07, 6.45) is -3.96. The molecule has 0 saturated heterocycles. The zero-order chi connectivity index (χ0) is 15.7. The van der Waals surface area contributed by atoms with Crippen molar-refractivity contribution in [2.45, 2.75) is 18.6 Å². The van der Waals surface area contributed by atoms with Gasteiger partial charge in [-0.3, -0.25) is 0 Å². The molecule has 0 radical (unpaired) electrons. The van der Waals surface area contributed by atoms with Crippen molar-refractivity contribution in [1.82, 2.24) is 5.32 Å². The molecule has 1 atom stereocenters. The molecular weight excluding hydrogens is 287 g/mol. The summed E-state index contributed by atoms with van der Waals surface area (Å²) in [6, 6.07) is 8.31. The van der Waals surface area contributed by atoms with Gasteiger partial charge < -0.3 is 14.8 Å². The normalized spacial score (nSPS) is 13.0. The standard InChI is InChI=1S/C14H18F3NO3/c1-20-13(19)12(11-6-3-2-4-7-11)18-8-5-9-21-10-14(15,16)17/h2-4,6-7,12,18H,5,8-10H2,1H3. The van der Waals surface area contributed by atoms with Crippen LogP contribution in [-0.2, 0) is 14.3 Å². The zero-order valence-corrected chi connectivity index (χ0v) is 11.7. The summed E-state index contributed by atoms with van der Waals surface area (Å²) in [4.78, 5) is 11.7. The molecule has 0 amide bonds. The van der Waals surface area contributed by atoms with Crippen LogP contribution in [0.4, 0.5) is 13.2 Å². The fourth-order valence-electron chi connectivity index (χ4n) is 1.71. The van der Waals surface area contributed by atoms with Crippen LogP contribution < -0.4 is 5.32 Å². The van der Waals surface area contributed by atoms with E-state index in [4.69, 9.17) is 4.74 Å². The Morgan fingerprint density at radius 2 is 1.95 bits per heavy atom. The van der Waals surface area contributed by atoms with Crippen LogP contribution in [0.15, 0.2) is 30.3 Å². The van der Waals surface area contributed by atoms with Crippen molar-refractivity contribution in [3.8, 4) is 0 Å². The maximum Gasteiger partial charge on any atom is 0.411 e. The van der Waals surface area contributed by atoms with E-state index in [1.807, 2.05) is 6.07 Å². The van der Waals surface area contributed by atoms with E-state index in [1.54, 1.807) is 24.3 Å². The second kappa shape index (κ2) is 8.63. The number of esters is 1. The molecule has 7 heteroatoms. The SMILES string of the molecule is COC(=O)C(NCCCOCC(F)(F)F)c1ccccc1. The van der Waals surface area contributed by atoms with Crippen LogP contribution in [0.2, 0.25) is 0 Å². The predicted octanol–water partition coefficient (Wildman–Crippen LogP) is 2.46. The fourth-order valence-corrected chi connectivity index (χ4v) is 1.71. The summed E-state index contributed by atoms with van der Waals surface area (Å²) >= 11 is 0. The van der Waals surface area contributed by atoms with Gasteiger partial charge in [0.05, 0.1) is 7.11 Å². The molecule has 0 aliphatic carbocycles. The van der Waals surface area contributed by atoms with E-state index in [-0.39, 0.29) is 6.61 Å². The van der Waals surface area contributed by atoms with Gasteiger partial charge in [0.1, 0.15) is 12.6 Å². The van der Waals surface area contributed by atoms with E-state index < -0.39 is 24.8 Å². The topological polar surface area (TPSA) is 47.6 Å². The molecule has 0 aliphatic heterocycles. The number of methoxy groups -OCH3 is 1. The van der Waals surface area contributed by atoms with E-state index in [9.17, 15) is 18.0 Å². The van der Waals surface area contributed by atoms with Crippen molar-refractivity contribution in [1.29, 1.82) is 0 Å². The number of hydrogen-bond donors (Lipinski definition) is 1. The quantitative estimate of drug-likeness (QED) is 0.592. The third-order valence-electron chi connectivity index (χ3n) is 2.65. The average Bonchev–Trinajstić information content (AvgIpc) is 2.45. The molecule has 1 N–H and O–H groups in total. The lowest BCUT2D eigenvalue weighted by molar-refractivity contribution is -0.173. The van der Waals surface area contributed by atoms with Crippen molar-refractivity contribution in [3.05, 3.63) is 35.9 Å². The molecular formula is C14H18F3NO3. The van der Waals surface area contributed by atoms with Crippen LogP contribution >= 0.6 is 0 Å². The van der Waals surface area contributed by atoms with Gasteiger partial charge >= 0.3 is 12.1 Å². The van der Waals surface area contributed by atoms with Crippen molar-refractivity contribution in [3.63, 3.8) is 0 Å². The molecule has 1 rings (SSSR count). The molecule has 1 unspecified atom stereocenters. The number of benzene rings is 1. The smallest absolute Gasteiger partial charge is 0.411 e. The molecule has 0 saturated carbocycles. The largest absolute Gasteiger partial charge is 0.468 e. The second-order valence-electron chi connectivity index (χ2n) is 4.34. The van der Waals surface area contributed by atoms with Crippen molar-refractivity contribution in [2.24, 2.45) is 0 Å². The van der Waals surface area contributed by atoms with Gasteiger partial charge in [0, 0.05) is 6.61 Å². The summed E-state index contributed by atoms with van der Waals surface area (Å²) < 4.78 is 44.8. The summed E-state index contributed by atoms with van der Waals surface area (Å²) in [5.74, 6) is -0.447. The minimum absolute atomic E-state index is 0.0325. The first kappa shape index (κ1) is 17.5. The third-order valence-corrected chi connectivity index (χ3v) is 2.65. The molecule has 0 bridgehead atoms. The number of ether oxygens (including phenoxy) is 2. The number of halogens is 3. The van der Waals surface area contributed by atoms with Crippen molar-refractivity contribution >= 4 is 5.97 Å². The van der Waals surface area contributed by atoms with Crippen molar-refractivity contribution < 1.29 is 27.4 Å². The van der Waals surface area contributed by atoms with E-state index in [2.05, 4.69) is 10.1 Å². The molecule has 0 aromatic heterocycles. The first-order valence-electron chi connectivity index (χ1n) is 6.44. The maximum atomic E-state index is 11.9. The molecule has 118 valence electrons. The lowest BCUT2D eigenvalue weighted by atomic mass is 10.1. The molecule has 0 spiro atoms. The van der Waals surface area contributed by atoms with E-state index in [0.717, 1.165) is 5.56 Å². The number of alkyl halides is 3. The second-order valence-corrected chi connectivity index (χ2v) is 4.34. The Bertz CT molecular complexity index is 423. The highest BCUT2D eigenvalue weighted by atomic mass is 19.4. The van der Waals surface area contributed by atoms with Gasteiger partial charge in [-0.05, 0) is 18.5 Å².